The third kappa shape index (κ3) is 8.00. The number of carbonyl (C=O) groups excluding carboxylic acids is 1. The second kappa shape index (κ2) is 14.3. The molecular weight excluding hydrogens is 416 g/mol. The molecule has 0 spiro atoms. The fourth-order valence-corrected chi connectivity index (χ4v) is 5.58. The van der Waals surface area contributed by atoms with Crippen LogP contribution in [0, 0.1) is 0 Å². The van der Waals surface area contributed by atoms with E-state index in [1.165, 1.54) is 107 Å². The largest absolute Gasteiger partial charge is 0.423 e. The Morgan fingerprint density at radius 1 is 0.735 bits per heavy atom. The molecule has 2 nitrogen and oxygen atoms in total. The predicted molar refractivity (Wildman–Crippen MR) is 144 cm³/mol. The van der Waals surface area contributed by atoms with Gasteiger partial charge in [-0.2, -0.15) is 0 Å². The van der Waals surface area contributed by atoms with E-state index in [0.717, 1.165) is 6.42 Å². The monoisotopic (exact) mass is 462 g/mol. The summed E-state index contributed by atoms with van der Waals surface area (Å²) >= 11 is 0. The van der Waals surface area contributed by atoms with Gasteiger partial charge < -0.3 is 4.74 Å². The third-order valence-corrected chi connectivity index (χ3v) is 7.76. The number of rotatable bonds is 14. The van der Waals surface area contributed by atoms with Gasteiger partial charge >= 0.3 is 5.97 Å². The van der Waals surface area contributed by atoms with Gasteiger partial charge in [-0.05, 0) is 72.9 Å². The highest BCUT2D eigenvalue weighted by Gasteiger charge is 2.33. The fraction of sp³-hybridized carbons (Fsp3) is 0.594. The lowest BCUT2D eigenvalue weighted by Crippen LogP contribution is -2.29. The minimum atomic E-state index is -0.269. The smallest absolute Gasteiger partial charge is 0.343 e. The van der Waals surface area contributed by atoms with Crippen molar-refractivity contribution >= 4 is 5.97 Å². The Balaban J connectivity index is 1.52. The summed E-state index contributed by atoms with van der Waals surface area (Å²) in [6, 6.07) is 16.4. The molecule has 0 aromatic heterocycles. The minimum absolute atomic E-state index is 0.269. The van der Waals surface area contributed by atoms with E-state index in [1.807, 2.05) is 24.3 Å². The Labute approximate surface area is 208 Å². The van der Waals surface area contributed by atoms with Crippen molar-refractivity contribution in [1.29, 1.82) is 0 Å². The maximum atomic E-state index is 12.7. The SMILES string of the molecule is CCCCCCCCc1ccc(C(=O)Oc2ccc(C3(CCCCC)CCCCC3)cc2)cc1. The first-order valence-electron chi connectivity index (χ1n) is 14.1. The molecule has 3 rings (SSSR count). The standard InChI is InChI=1S/C32H46O2/c1-3-5-7-8-9-11-15-27-16-18-28(19-17-27)31(33)34-30-22-20-29(21-23-30)32(24-12-6-4-2)25-13-10-14-26-32/h16-23H,3-15,24-26H2,1-2H3. The van der Waals surface area contributed by atoms with Gasteiger partial charge in [0.15, 0.2) is 0 Å². The van der Waals surface area contributed by atoms with Gasteiger partial charge in [0, 0.05) is 0 Å². The number of ether oxygens (including phenoxy) is 1. The average Bonchev–Trinajstić information content (AvgIpc) is 2.87. The number of esters is 1. The minimum Gasteiger partial charge on any atom is -0.423 e. The van der Waals surface area contributed by atoms with E-state index in [-0.39, 0.29) is 5.97 Å². The van der Waals surface area contributed by atoms with Crippen molar-refractivity contribution in [1.82, 2.24) is 0 Å². The van der Waals surface area contributed by atoms with Crippen molar-refractivity contribution in [3.8, 4) is 5.75 Å². The summed E-state index contributed by atoms with van der Waals surface area (Å²) in [4.78, 5) is 12.7. The molecule has 0 amide bonds. The van der Waals surface area contributed by atoms with Gasteiger partial charge in [0.05, 0.1) is 5.56 Å². The number of benzene rings is 2. The number of aryl methyl sites for hydroxylation is 1. The Morgan fingerprint density at radius 2 is 1.35 bits per heavy atom. The first-order valence-corrected chi connectivity index (χ1v) is 14.1. The first kappa shape index (κ1) is 26.5. The van der Waals surface area contributed by atoms with E-state index in [0.29, 0.717) is 16.7 Å². The summed E-state index contributed by atoms with van der Waals surface area (Å²) in [7, 11) is 0. The maximum Gasteiger partial charge on any atom is 0.343 e. The zero-order valence-corrected chi connectivity index (χ0v) is 21.7. The highest BCUT2D eigenvalue weighted by molar-refractivity contribution is 5.91. The molecule has 2 heteroatoms. The molecule has 0 saturated heterocycles. The molecule has 0 N–H and O–H groups in total. The van der Waals surface area contributed by atoms with Crippen LogP contribution in [0.25, 0.3) is 0 Å². The van der Waals surface area contributed by atoms with Gasteiger partial charge in [0.2, 0.25) is 0 Å². The lowest BCUT2D eigenvalue weighted by atomic mass is 9.66. The second-order valence-electron chi connectivity index (χ2n) is 10.4. The molecule has 34 heavy (non-hydrogen) atoms. The zero-order valence-electron chi connectivity index (χ0n) is 21.7. The van der Waals surface area contributed by atoms with E-state index in [4.69, 9.17) is 4.74 Å². The van der Waals surface area contributed by atoms with E-state index in [9.17, 15) is 4.79 Å². The fourth-order valence-electron chi connectivity index (χ4n) is 5.58. The van der Waals surface area contributed by atoms with Crippen LogP contribution in [0.15, 0.2) is 48.5 Å². The number of unbranched alkanes of at least 4 members (excludes halogenated alkanes) is 7. The van der Waals surface area contributed by atoms with Crippen molar-refractivity contribution in [2.24, 2.45) is 0 Å². The van der Waals surface area contributed by atoms with Crippen LogP contribution in [0.2, 0.25) is 0 Å². The number of carbonyl (C=O) groups is 1. The molecule has 1 aliphatic rings. The second-order valence-corrected chi connectivity index (χ2v) is 10.4. The summed E-state index contributed by atoms with van der Waals surface area (Å²) in [5, 5.41) is 0. The van der Waals surface area contributed by atoms with Crippen LogP contribution >= 0.6 is 0 Å². The molecule has 0 heterocycles. The van der Waals surface area contributed by atoms with E-state index in [2.05, 4.69) is 38.1 Å². The average molecular weight is 463 g/mol. The Hall–Kier alpha value is -2.09. The normalized spacial score (nSPS) is 15.2. The molecule has 0 radical (unpaired) electrons. The topological polar surface area (TPSA) is 26.3 Å². The van der Waals surface area contributed by atoms with Gasteiger partial charge in [-0.15, -0.1) is 0 Å². The molecule has 1 aliphatic carbocycles. The predicted octanol–water partition coefficient (Wildman–Crippen LogP) is 9.59. The highest BCUT2D eigenvalue weighted by atomic mass is 16.5. The van der Waals surface area contributed by atoms with Crippen molar-refractivity contribution in [2.75, 3.05) is 0 Å². The molecule has 0 bridgehead atoms. The summed E-state index contributed by atoms with van der Waals surface area (Å²) in [5.74, 6) is 0.374. The molecule has 0 atom stereocenters. The van der Waals surface area contributed by atoms with Gasteiger partial charge in [0.1, 0.15) is 5.75 Å². The molecule has 2 aromatic rings. The first-order chi connectivity index (χ1) is 16.7. The van der Waals surface area contributed by atoms with Gasteiger partial charge in [0.25, 0.3) is 0 Å². The maximum absolute atomic E-state index is 12.7. The van der Waals surface area contributed by atoms with Crippen molar-refractivity contribution in [3.63, 3.8) is 0 Å². The third-order valence-electron chi connectivity index (χ3n) is 7.76. The lowest BCUT2D eigenvalue weighted by Gasteiger charge is -2.38. The molecule has 2 aromatic carbocycles. The highest BCUT2D eigenvalue weighted by Crippen LogP contribution is 2.43. The summed E-state index contributed by atoms with van der Waals surface area (Å²) in [6.07, 6.45) is 20.7. The van der Waals surface area contributed by atoms with E-state index in [1.54, 1.807) is 0 Å². The summed E-state index contributed by atoms with van der Waals surface area (Å²) in [6.45, 7) is 4.53. The van der Waals surface area contributed by atoms with Crippen LogP contribution in [-0.2, 0) is 11.8 Å². The van der Waals surface area contributed by atoms with Crippen LogP contribution in [-0.4, -0.2) is 5.97 Å². The number of hydrogen-bond acceptors (Lipinski definition) is 2. The summed E-state index contributed by atoms with van der Waals surface area (Å²) in [5.41, 5.74) is 3.68. The lowest BCUT2D eigenvalue weighted by molar-refractivity contribution is 0.0734. The molecule has 1 saturated carbocycles. The molecule has 1 fully saturated rings. The molecule has 0 aliphatic heterocycles. The van der Waals surface area contributed by atoms with Crippen molar-refractivity contribution in [2.45, 2.75) is 122 Å². The Morgan fingerprint density at radius 3 is 2.03 bits per heavy atom. The quantitative estimate of drug-likeness (QED) is 0.159. The van der Waals surface area contributed by atoms with E-state index < -0.39 is 0 Å². The van der Waals surface area contributed by atoms with Crippen LogP contribution in [0.1, 0.15) is 132 Å². The Kier molecular flexibility index (Phi) is 11.2. The Bertz CT molecular complexity index is 828. The van der Waals surface area contributed by atoms with Crippen molar-refractivity contribution in [3.05, 3.63) is 65.2 Å². The van der Waals surface area contributed by atoms with Gasteiger partial charge in [-0.1, -0.05) is 109 Å². The molecule has 186 valence electrons. The van der Waals surface area contributed by atoms with E-state index >= 15 is 0 Å². The molecular formula is C32H46O2. The van der Waals surface area contributed by atoms with Crippen LogP contribution < -0.4 is 4.74 Å². The van der Waals surface area contributed by atoms with Crippen molar-refractivity contribution < 1.29 is 9.53 Å². The molecule has 0 unspecified atom stereocenters. The van der Waals surface area contributed by atoms with Crippen LogP contribution in [0.4, 0.5) is 0 Å². The zero-order chi connectivity index (χ0) is 24.1. The van der Waals surface area contributed by atoms with Gasteiger partial charge in [-0.25, -0.2) is 4.79 Å². The van der Waals surface area contributed by atoms with Gasteiger partial charge in [-0.3, -0.25) is 0 Å². The summed E-state index contributed by atoms with van der Waals surface area (Å²) < 4.78 is 5.71. The van der Waals surface area contributed by atoms with Crippen LogP contribution in [0.3, 0.4) is 0 Å². The van der Waals surface area contributed by atoms with Crippen LogP contribution in [0.5, 0.6) is 5.75 Å². The number of hydrogen-bond donors (Lipinski definition) is 0.